The Bertz CT molecular complexity index is 1400. The summed E-state index contributed by atoms with van der Waals surface area (Å²) in [6.45, 7) is 1.75. The molecule has 190 valence electrons. The molecule has 7 nitrogen and oxygen atoms in total. The number of urea groups is 1. The van der Waals surface area contributed by atoms with Crippen molar-refractivity contribution in [2.24, 2.45) is 0 Å². The number of aromatic amines is 1. The zero-order valence-electron chi connectivity index (χ0n) is 21.0. The van der Waals surface area contributed by atoms with Gasteiger partial charge in [-0.05, 0) is 46.8 Å². The molecule has 3 amide bonds. The van der Waals surface area contributed by atoms with Gasteiger partial charge in [-0.2, -0.15) is 0 Å². The zero-order valence-corrected chi connectivity index (χ0v) is 21.8. The molecule has 2 heterocycles. The number of hydrogen-bond acceptors (Lipinski definition) is 4. The van der Waals surface area contributed by atoms with Crippen molar-refractivity contribution in [1.82, 2.24) is 15.2 Å². The van der Waals surface area contributed by atoms with Gasteiger partial charge in [-0.1, -0.05) is 42.5 Å². The summed E-state index contributed by atoms with van der Waals surface area (Å²) in [6, 6.07) is 23.6. The molecule has 8 heteroatoms. The number of fused-ring (bicyclic) bond motifs is 2. The molecule has 5 rings (SSSR count). The summed E-state index contributed by atoms with van der Waals surface area (Å²) in [5.74, 6) is 0.972. The van der Waals surface area contributed by atoms with Gasteiger partial charge in [-0.3, -0.25) is 4.79 Å². The molecular weight excluding hydrogens is 482 g/mol. The first-order valence-corrected chi connectivity index (χ1v) is 13.4. The van der Waals surface area contributed by atoms with Crippen LogP contribution in [-0.4, -0.2) is 48.2 Å². The number of nitrogens with one attached hydrogen (secondary N) is 3. The first-order chi connectivity index (χ1) is 18.0. The van der Waals surface area contributed by atoms with Gasteiger partial charge in [0.25, 0.3) is 0 Å². The molecule has 1 aromatic heterocycles. The predicted molar refractivity (Wildman–Crippen MR) is 151 cm³/mol. The second-order valence-corrected chi connectivity index (χ2v) is 10.5. The van der Waals surface area contributed by atoms with E-state index in [1.807, 2.05) is 54.4 Å². The number of benzene rings is 3. The van der Waals surface area contributed by atoms with Crippen molar-refractivity contribution >= 4 is 46.0 Å². The van der Waals surface area contributed by atoms with Crippen molar-refractivity contribution in [3.05, 3.63) is 90.1 Å². The van der Waals surface area contributed by atoms with Crippen LogP contribution in [0, 0.1) is 0 Å². The third-order valence-electron chi connectivity index (χ3n) is 6.56. The summed E-state index contributed by atoms with van der Waals surface area (Å²) < 4.78 is 0. The van der Waals surface area contributed by atoms with E-state index >= 15 is 0 Å². The molecule has 1 aliphatic rings. The van der Waals surface area contributed by atoms with Gasteiger partial charge in [0.2, 0.25) is 5.91 Å². The molecule has 0 saturated heterocycles. The van der Waals surface area contributed by atoms with E-state index in [0.717, 1.165) is 41.0 Å². The lowest BCUT2D eigenvalue weighted by molar-refractivity contribution is -0.129. The Morgan fingerprint density at radius 1 is 1.05 bits per heavy atom. The highest BCUT2D eigenvalue weighted by atomic mass is 32.2. The van der Waals surface area contributed by atoms with Crippen LogP contribution in [0.1, 0.15) is 23.6 Å². The highest BCUT2D eigenvalue weighted by Crippen LogP contribution is 2.38. The van der Waals surface area contributed by atoms with E-state index < -0.39 is 6.04 Å². The highest BCUT2D eigenvalue weighted by Gasteiger charge is 2.24. The number of H-pyrrole nitrogens is 1. The molecule has 3 aromatic carbocycles. The molecule has 37 heavy (non-hydrogen) atoms. The van der Waals surface area contributed by atoms with Crippen LogP contribution < -0.4 is 15.5 Å². The zero-order chi connectivity index (χ0) is 25.8. The summed E-state index contributed by atoms with van der Waals surface area (Å²) in [4.78, 5) is 34.1. The number of carbonyl (C=O) groups excluding carboxylic acids is 2. The Balaban J connectivity index is 1.38. The van der Waals surface area contributed by atoms with E-state index in [-0.39, 0.29) is 18.4 Å². The standard InChI is InChI=1S/C29H31N5O2S/c1-33(2)28(35)18-25(32-29(36)31-23-10-8-21-12-13-30-24(21)17-23)22-9-11-27-26(16-22)34(14-15-37-27)19-20-6-4-3-5-7-20/h3-13,16-17,25,30H,14-15,18-19H2,1-2H3,(H2,31,32,36)/t25-/m1/s1. The Morgan fingerprint density at radius 2 is 1.89 bits per heavy atom. The van der Waals surface area contributed by atoms with Crippen molar-refractivity contribution in [3.8, 4) is 0 Å². The Hall–Kier alpha value is -3.91. The van der Waals surface area contributed by atoms with Gasteiger partial charge < -0.3 is 25.4 Å². The van der Waals surface area contributed by atoms with Crippen LogP contribution in [0.4, 0.5) is 16.2 Å². The summed E-state index contributed by atoms with van der Waals surface area (Å²) in [7, 11) is 3.46. The monoisotopic (exact) mass is 513 g/mol. The number of thioether (sulfide) groups is 1. The number of carbonyl (C=O) groups is 2. The van der Waals surface area contributed by atoms with Crippen LogP contribution >= 0.6 is 11.8 Å². The minimum Gasteiger partial charge on any atom is -0.365 e. The number of nitrogens with zero attached hydrogens (tertiary/aromatic N) is 2. The molecule has 4 aromatic rings. The van der Waals surface area contributed by atoms with Crippen LogP contribution in [0.5, 0.6) is 0 Å². The summed E-state index contributed by atoms with van der Waals surface area (Å²) in [5.41, 5.74) is 4.93. The summed E-state index contributed by atoms with van der Waals surface area (Å²) in [5, 5.41) is 7.04. The fourth-order valence-corrected chi connectivity index (χ4v) is 5.57. The molecule has 0 aliphatic carbocycles. The first kappa shape index (κ1) is 24.8. The lowest BCUT2D eigenvalue weighted by atomic mass is 10.0. The fraction of sp³-hybridized carbons (Fsp3) is 0.241. The molecule has 0 radical (unpaired) electrons. The molecule has 3 N–H and O–H groups in total. The van der Waals surface area contributed by atoms with Crippen molar-refractivity contribution < 1.29 is 9.59 Å². The Morgan fingerprint density at radius 3 is 2.70 bits per heavy atom. The van der Waals surface area contributed by atoms with Gasteiger partial charge in [-0.15, -0.1) is 11.8 Å². The van der Waals surface area contributed by atoms with E-state index in [0.29, 0.717) is 5.69 Å². The Labute approximate surface area is 221 Å². The summed E-state index contributed by atoms with van der Waals surface area (Å²) >= 11 is 1.84. The van der Waals surface area contributed by atoms with Gasteiger partial charge >= 0.3 is 6.03 Å². The van der Waals surface area contributed by atoms with E-state index in [4.69, 9.17) is 0 Å². The molecule has 0 spiro atoms. The van der Waals surface area contributed by atoms with Gasteiger partial charge in [0.05, 0.1) is 18.2 Å². The van der Waals surface area contributed by atoms with Crippen LogP contribution in [0.25, 0.3) is 10.9 Å². The molecule has 0 saturated carbocycles. The van der Waals surface area contributed by atoms with Crippen LogP contribution in [0.15, 0.2) is 83.9 Å². The van der Waals surface area contributed by atoms with Gasteiger partial charge in [0, 0.05) is 55.2 Å². The lowest BCUT2D eigenvalue weighted by Gasteiger charge is -2.32. The van der Waals surface area contributed by atoms with Crippen molar-refractivity contribution in [2.45, 2.75) is 23.9 Å². The van der Waals surface area contributed by atoms with E-state index in [2.05, 4.69) is 56.9 Å². The smallest absolute Gasteiger partial charge is 0.319 e. The van der Waals surface area contributed by atoms with Gasteiger partial charge in [-0.25, -0.2) is 4.79 Å². The number of aromatic nitrogens is 1. The second-order valence-electron chi connectivity index (χ2n) is 9.41. The average Bonchev–Trinajstić information content (AvgIpc) is 3.37. The topological polar surface area (TPSA) is 80.5 Å². The first-order valence-electron chi connectivity index (χ1n) is 12.4. The predicted octanol–water partition coefficient (Wildman–Crippen LogP) is 5.62. The number of anilines is 2. The maximum Gasteiger partial charge on any atom is 0.319 e. The third kappa shape index (κ3) is 5.91. The van der Waals surface area contributed by atoms with E-state index in [1.165, 1.54) is 10.5 Å². The van der Waals surface area contributed by atoms with Crippen LogP contribution in [-0.2, 0) is 11.3 Å². The van der Waals surface area contributed by atoms with Crippen LogP contribution in [0.2, 0.25) is 0 Å². The van der Waals surface area contributed by atoms with Gasteiger partial charge in [0.15, 0.2) is 0 Å². The second kappa shape index (κ2) is 11.0. The average molecular weight is 514 g/mol. The molecule has 0 fully saturated rings. The maximum absolute atomic E-state index is 13.0. The largest absolute Gasteiger partial charge is 0.365 e. The number of hydrogen-bond donors (Lipinski definition) is 3. The molecule has 1 aliphatic heterocycles. The van der Waals surface area contributed by atoms with Crippen molar-refractivity contribution in [2.75, 3.05) is 36.6 Å². The van der Waals surface area contributed by atoms with Gasteiger partial charge in [0.1, 0.15) is 0 Å². The number of amides is 3. The molecule has 0 unspecified atom stereocenters. The molecule has 1 atom stereocenters. The highest BCUT2D eigenvalue weighted by molar-refractivity contribution is 7.99. The molecule has 0 bridgehead atoms. The minimum atomic E-state index is -0.472. The number of rotatable bonds is 7. The van der Waals surface area contributed by atoms with Crippen LogP contribution in [0.3, 0.4) is 0 Å². The molecular formula is C29H31N5O2S. The maximum atomic E-state index is 13.0. The quantitative estimate of drug-likeness (QED) is 0.300. The van der Waals surface area contributed by atoms with Crippen molar-refractivity contribution in [3.63, 3.8) is 0 Å². The minimum absolute atomic E-state index is 0.0497. The lowest BCUT2D eigenvalue weighted by Crippen LogP contribution is -2.36. The Kier molecular flexibility index (Phi) is 7.37. The summed E-state index contributed by atoms with van der Waals surface area (Å²) in [6.07, 6.45) is 2.04. The van der Waals surface area contributed by atoms with E-state index in [9.17, 15) is 9.59 Å². The van der Waals surface area contributed by atoms with E-state index in [1.54, 1.807) is 19.0 Å². The fourth-order valence-electron chi connectivity index (χ4n) is 4.54. The SMILES string of the molecule is CN(C)C(=O)C[C@@H](NC(=O)Nc1ccc2cc[nH]c2c1)c1ccc2c(c1)N(Cc1ccccc1)CCS2. The van der Waals surface area contributed by atoms with Crippen molar-refractivity contribution in [1.29, 1.82) is 0 Å². The normalized spacial score (nSPS) is 13.6. The third-order valence-corrected chi connectivity index (χ3v) is 7.60.